The van der Waals surface area contributed by atoms with E-state index < -0.39 is 38.2 Å². The number of ether oxygens (including phenoxy) is 2. The van der Waals surface area contributed by atoms with Gasteiger partial charge in [-0.1, -0.05) is 35.9 Å². The van der Waals surface area contributed by atoms with E-state index in [-0.39, 0.29) is 28.5 Å². The first kappa shape index (κ1) is 23.0. The highest BCUT2D eigenvalue weighted by Crippen LogP contribution is 2.37. The number of rotatable bonds is 1. The molecule has 33 heavy (non-hydrogen) atoms. The average Bonchev–Trinajstić information content (AvgIpc) is 2.77. The highest BCUT2D eigenvalue weighted by molar-refractivity contribution is 7.92. The number of sulfonamides is 1. The molecule has 6 nitrogen and oxygen atoms in total. The predicted octanol–water partition coefficient (Wildman–Crippen LogP) is 5.20. The summed E-state index contributed by atoms with van der Waals surface area (Å²) in [6.07, 6.45) is 0.863. The first-order chi connectivity index (χ1) is 15.7. The number of nitrogens with one attached hydrogen (secondary N) is 1. The molecule has 1 aliphatic rings. The summed E-state index contributed by atoms with van der Waals surface area (Å²) < 4.78 is 68.2. The van der Waals surface area contributed by atoms with E-state index in [1.807, 2.05) is 0 Å². The molecule has 0 saturated heterocycles. The lowest BCUT2D eigenvalue weighted by atomic mass is 9.96. The fraction of sp³-hybridized carbons (Fsp3) is 0.174. The Labute approximate surface area is 194 Å². The number of halogens is 3. The minimum atomic E-state index is -4.51. The third kappa shape index (κ3) is 4.51. The second kappa shape index (κ2) is 8.99. The Kier molecular flexibility index (Phi) is 6.27. The lowest BCUT2D eigenvalue weighted by molar-refractivity contribution is 0.0500. The van der Waals surface area contributed by atoms with Gasteiger partial charge in [0.25, 0.3) is 10.0 Å². The van der Waals surface area contributed by atoms with Crippen LogP contribution in [0.2, 0.25) is 5.02 Å². The zero-order valence-corrected chi connectivity index (χ0v) is 18.9. The molecule has 0 aliphatic carbocycles. The number of carbonyl (C=O) groups is 1. The summed E-state index contributed by atoms with van der Waals surface area (Å²) in [5.74, 6) is -2.97. The second-order valence-electron chi connectivity index (χ2n) is 7.30. The zero-order valence-electron chi connectivity index (χ0n) is 17.3. The molecule has 0 unspecified atom stereocenters. The number of aryl methyl sites for hydroxylation is 1. The molecule has 3 aromatic rings. The lowest BCUT2D eigenvalue weighted by Crippen LogP contribution is -2.17. The van der Waals surface area contributed by atoms with Crippen LogP contribution in [-0.2, 0) is 21.2 Å². The fourth-order valence-electron chi connectivity index (χ4n) is 3.63. The van der Waals surface area contributed by atoms with Crippen molar-refractivity contribution in [1.82, 2.24) is 0 Å². The Balaban J connectivity index is 1.94. The molecule has 172 valence electrons. The monoisotopic (exact) mass is 493 g/mol. The maximum Gasteiger partial charge on any atom is 0.338 e. The van der Waals surface area contributed by atoms with Crippen LogP contribution in [0.4, 0.5) is 14.5 Å². The maximum atomic E-state index is 14.7. The Bertz CT molecular complexity index is 1360. The standard InChI is InChI=1S/C23H18ClF2NO5S/c1-31-22-17(24)9-14-10-21(22)33(29,30)27-20-11-16(18(25)12-19(20)26)15-7-3-2-5-13(15)6-4-8-32-23(14)28/h2-3,5,7,9-12,27H,4,6,8H2,1H3. The van der Waals surface area contributed by atoms with E-state index in [0.29, 0.717) is 24.5 Å². The first-order valence-electron chi connectivity index (χ1n) is 9.86. The van der Waals surface area contributed by atoms with Gasteiger partial charge in [-0.25, -0.2) is 22.0 Å². The van der Waals surface area contributed by atoms with Crippen molar-refractivity contribution in [3.05, 3.63) is 76.3 Å². The topological polar surface area (TPSA) is 81.7 Å². The molecule has 3 aromatic carbocycles. The number of hydrogen-bond acceptors (Lipinski definition) is 5. The van der Waals surface area contributed by atoms with Gasteiger partial charge in [0.1, 0.15) is 16.5 Å². The van der Waals surface area contributed by atoms with Crippen LogP contribution in [-0.4, -0.2) is 28.1 Å². The Morgan fingerprint density at radius 3 is 2.58 bits per heavy atom. The summed E-state index contributed by atoms with van der Waals surface area (Å²) in [6, 6.07) is 10.9. The molecule has 0 radical (unpaired) electrons. The molecule has 1 N–H and O–H groups in total. The molecule has 0 aromatic heterocycles. The van der Waals surface area contributed by atoms with E-state index in [1.54, 1.807) is 24.3 Å². The van der Waals surface area contributed by atoms with Gasteiger partial charge >= 0.3 is 5.97 Å². The fourth-order valence-corrected chi connectivity index (χ4v) is 5.26. The van der Waals surface area contributed by atoms with Crippen LogP contribution >= 0.6 is 11.6 Å². The number of carbonyl (C=O) groups excluding carboxylic acids is 1. The van der Waals surface area contributed by atoms with Crippen LogP contribution in [0.1, 0.15) is 22.3 Å². The van der Waals surface area contributed by atoms with Gasteiger partial charge in [0.2, 0.25) is 0 Å². The molecule has 0 saturated carbocycles. The second-order valence-corrected chi connectivity index (χ2v) is 9.36. The molecule has 1 heterocycles. The first-order valence-corrected chi connectivity index (χ1v) is 11.7. The van der Waals surface area contributed by atoms with Gasteiger partial charge in [0, 0.05) is 11.6 Å². The summed E-state index contributed by atoms with van der Waals surface area (Å²) in [4.78, 5) is 12.0. The summed E-state index contributed by atoms with van der Waals surface area (Å²) in [5.41, 5.74) is 0.639. The molecule has 4 rings (SSSR count). The normalized spacial score (nSPS) is 15.3. The Hall–Kier alpha value is -3.17. The van der Waals surface area contributed by atoms with Crippen molar-refractivity contribution in [2.75, 3.05) is 18.4 Å². The van der Waals surface area contributed by atoms with E-state index in [2.05, 4.69) is 4.72 Å². The van der Waals surface area contributed by atoms with Gasteiger partial charge in [0.15, 0.2) is 5.75 Å². The molecule has 1 aliphatic heterocycles. The van der Waals surface area contributed by atoms with Crippen molar-refractivity contribution in [3.8, 4) is 16.9 Å². The minimum Gasteiger partial charge on any atom is -0.494 e. The van der Waals surface area contributed by atoms with Crippen LogP contribution in [0.5, 0.6) is 5.75 Å². The molecule has 10 heteroatoms. The molecular formula is C23H18ClF2NO5S. The van der Waals surface area contributed by atoms with Crippen LogP contribution in [0, 0.1) is 11.6 Å². The van der Waals surface area contributed by atoms with Crippen molar-refractivity contribution in [2.45, 2.75) is 17.7 Å². The zero-order chi connectivity index (χ0) is 23.8. The van der Waals surface area contributed by atoms with Crippen LogP contribution in [0.15, 0.2) is 53.4 Å². The molecule has 0 spiro atoms. The van der Waals surface area contributed by atoms with Crippen molar-refractivity contribution in [3.63, 3.8) is 0 Å². The molecule has 0 fully saturated rings. The summed E-state index contributed by atoms with van der Waals surface area (Å²) in [7, 11) is -3.31. The van der Waals surface area contributed by atoms with E-state index in [1.165, 1.54) is 13.2 Å². The number of esters is 1. The van der Waals surface area contributed by atoms with Crippen molar-refractivity contribution in [2.24, 2.45) is 0 Å². The quantitative estimate of drug-likeness (QED) is 0.471. The van der Waals surface area contributed by atoms with Crippen LogP contribution in [0.3, 0.4) is 0 Å². The summed E-state index contributed by atoms with van der Waals surface area (Å²) in [6.45, 7) is 0.0360. The molecular weight excluding hydrogens is 476 g/mol. The maximum absolute atomic E-state index is 14.7. The van der Waals surface area contributed by atoms with E-state index in [4.69, 9.17) is 21.1 Å². The van der Waals surface area contributed by atoms with Gasteiger partial charge in [0.05, 0.1) is 30.0 Å². The average molecular weight is 494 g/mol. The van der Waals surface area contributed by atoms with Gasteiger partial charge in [-0.15, -0.1) is 0 Å². The largest absolute Gasteiger partial charge is 0.494 e. The third-order valence-electron chi connectivity index (χ3n) is 5.17. The number of fused-ring (bicyclic) bond motifs is 6. The molecule has 4 bridgehead atoms. The third-order valence-corrected chi connectivity index (χ3v) is 6.82. The summed E-state index contributed by atoms with van der Waals surface area (Å²) >= 11 is 6.15. The van der Waals surface area contributed by atoms with Crippen LogP contribution in [0.25, 0.3) is 11.1 Å². The molecule has 0 amide bonds. The Morgan fingerprint density at radius 1 is 1.06 bits per heavy atom. The number of anilines is 1. The SMILES string of the molecule is COc1c(Cl)cc2cc1S(=O)(=O)Nc1cc(c(F)cc1F)-c1ccccc1CCCOC2=O. The smallest absolute Gasteiger partial charge is 0.338 e. The van der Waals surface area contributed by atoms with E-state index >= 15 is 0 Å². The van der Waals surface area contributed by atoms with Crippen molar-refractivity contribution < 1.29 is 31.5 Å². The number of benzene rings is 3. The molecule has 0 atom stereocenters. The van der Waals surface area contributed by atoms with Crippen LogP contribution < -0.4 is 9.46 Å². The van der Waals surface area contributed by atoms with Gasteiger partial charge in [-0.2, -0.15) is 0 Å². The number of hydrogen-bond donors (Lipinski definition) is 1. The van der Waals surface area contributed by atoms with E-state index in [9.17, 15) is 22.0 Å². The highest BCUT2D eigenvalue weighted by atomic mass is 35.5. The van der Waals surface area contributed by atoms with E-state index in [0.717, 1.165) is 17.7 Å². The number of cyclic esters (lactones) is 1. The highest BCUT2D eigenvalue weighted by Gasteiger charge is 2.27. The van der Waals surface area contributed by atoms with Gasteiger partial charge < -0.3 is 9.47 Å². The predicted molar refractivity (Wildman–Crippen MR) is 119 cm³/mol. The summed E-state index contributed by atoms with van der Waals surface area (Å²) in [5, 5.41) is -0.149. The van der Waals surface area contributed by atoms with Crippen molar-refractivity contribution in [1.29, 1.82) is 0 Å². The minimum absolute atomic E-state index is 0.0234. The number of methoxy groups -OCH3 is 1. The Morgan fingerprint density at radius 2 is 1.82 bits per heavy atom. The van der Waals surface area contributed by atoms with Gasteiger partial charge in [-0.3, -0.25) is 4.72 Å². The van der Waals surface area contributed by atoms with Crippen molar-refractivity contribution >= 4 is 33.3 Å². The lowest BCUT2D eigenvalue weighted by Gasteiger charge is -2.16. The van der Waals surface area contributed by atoms with Gasteiger partial charge in [-0.05, 0) is 42.2 Å².